The van der Waals surface area contributed by atoms with Gasteiger partial charge in [-0.15, -0.1) is 0 Å². The summed E-state index contributed by atoms with van der Waals surface area (Å²) in [5, 5.41) is 0. The Labute approximate surface area is 75.3 Å². The van der Waals surface area contributed by atoms with Gasteiger partial charge in [-0.3, -0.25) is 0 Å². The van der Waals surface area contributed by atoms with Crippen molar-refractivity contribution in [2.75, 3.05) is 0 Å². The molecule has 0 saturated heterocycles. The summed E-state index contributed by atoms with van der Waals surface area (Å²) in [6, 6.07) is 0. The Balaban J connectivity index is 3.15. The van der Waals surface area contributed by atoms with Crippen LogP contribution in [0.3, 0.4) is 0 Å². The molecule has 0 spiro atoms. The molecule has 1 aromatic rings. The third kappa shape index (κ3) is 1.53. The molecule has 1 rings (SSSR count). The van der Waals surface area contributed by atoms with E-state index in [0.29, 0.717) is 36.6 Å². The summed E-state index contributed by atoms with van der Waals surface area (Å²) in [6.07, 6.45) is 3.01. The number of nitrogens with zero attached hydrogens (tertiary/aromatic N) is 2. The van der Waals surface area contributed by atoms with E-state index < -0.39 is 5.91 Å². The van der Waals surface area contributed by atoms with Gasteiger partial charge in [0.1, 0.15) is 0 Å². The second-order valence-corrected chi connectivity index (χ2v) is 2.80. The molecule has 0 bridgehead atoms. The first kappa shape index (κ1) is 7.65. The van der Waals surface area contributed by atoms with E-state index in [1.54, 1.807) is 6.20 Å². The van der Waals surface area contributed by atoms with Crippen molar-refractivity contribution in [1.82, 2.24) is 9.97 Å². The number of aromatic nitrogens is 2. The monoisotopic (exact) mass is 145 g/mol. The van der Waals surface area contributed by atoms with Crippen LogP contribution >= 0.6 is 0 Å². The first-order valence-electron chi connectivity index (χ1n) is 2.79. The summed E-state index contributed by atoms with van der Waals surface area (Å²) >= 11 is 0.699. The van der Waals surface area contributed by atoms with Crippen LogP contribution in [0, 0.1) is 0 Å². The molecule has 0 aliphatic carbocycles. The summed E-state index contributed by atoms with van der Waals surface area (Å²) in [6.45, 7) is 0. The van der Waals surface area contributed by atoms with Crippen LogP contribution in [0.5, 0.6) is 0 Å². The van der Waals surface area contributed by atoms with Gasteiger partial charge in [-0.1, -0.05) is 0 Å². The van der Waals surface area contributed by atoms with Crippen molar-refractivity contribution >= 4 is 36.8 Å². The van der Waals surface area contributed by atoms with E-state index in [-0.39, 0.29) is 0 Å². The molecule has 1 aromatic heterocycles. The molecule has 0 fully saturated rings. The van der Waals surface area contributed by atoms with Crippen LogP contribution in [0.1, 0.15) is 10.5 Å². The molecule has 1 heterocycles. The Morgan fingerprint density at radius 3 is 2.50 bits per heavy atom. The number of hydrogen-bond acceptors (Lipinski definition) is 3. The SMILES string of the molecule is NC(=O)c1nccn[c]1[Na]. The van der Waals surface area contributed by atoms with Crippen molar-refractivity contribution < 1.29 is 4.79 Å². The number of carbonyl (C=O) groups is 1. The van der Waals surface area contributed by atoms with Gasteiger partial charge in [0.2, 0.25) is 0 Å². The van der Waals surface area contributed by atoms with Crippen LogP contribution in [0.4, 0.5) is 0 Å². The molecule has 5 heteroatoms. The zero-order chi connectivity index (χ0) is 7.56. The van der Waals surface area contributed by atoms with Gasteiger partial charge in [-0.25, -0.2) is 0 Å². The third-order valence-corrected chi connectivity index (χ3v) is 1.85. The molecule has 0 aliphatic heterocycles. The van der Waals surface area contributed by atoms with Gasteiger partial charge >= 0.3 is 75.4 Å². The number of primary amides is 1. The minimum atomic E-state index is -0.502. The van der Waals surface area contributed by atoms with E-state index in [9.17, 15) is 4.79 Å². The summed E-state index contributed by atoms with van der Waals surface area (Å²) < 4.78 is 0.704. The number of rotatable bonds is 1. The summed E-state index contributed by atoms with van der Waals surface area (Å²) in [5.41, 5.74) is 5.30. The molecule has 0 aromatic carbocycles. The molecule has 0 radical (unpaired) electrons. The second-order valence-electron chi connectivity index (χ2n) is 1.85. The molecule has 0 atom stereocenters. The van der Waals surface area contributed by atoms with Gasteiger partial charge in [-0.05, 0) is 0 Å². The fraction of sp³-hybridized carbons (Fsp3) is 0. The fourth-order valence-electron chi connectivity index (χ4n) is 0.649. The van der Waals surface area contributed by atoms with Gasteiger partial charge in [0.15, 0.2) is 0 Å². The van der Waals surface area contributed by atoms with Gasteiger partial charge in [-0.2, -0.15) is 0 Å². The minimum absolute atomic E-state index is 0.300. The van der Waals surface area contributed by atoms with E-state index in [1.807, 2.05) is 0 Å². The predicted octanol–water partition coefficient (Wildman–Crippen LogP) is -1.63. The van der Waals surface area contributed by atoms with Gasteiger partial charge in [0, 0.05) is 0 Å². The van der Waals surface area contributed by atoms with Crippen LogP contribution < -0.4 is 8.68 Å². The van der Waals surface area contributed by atoms with Gasteiger partial charge < -0.3 is 0 Å². The molecule has 4 nitrogen and oxygen atoms in total. The normalized spacial score (nSPS) is 9.40. The maximum absolute atomic E-state index is 10.6. The molecule has 10 heavy (non-hydrogen) atoms. The first-order valence-corrected chi connectivity index (χ1v) is 3.79. The Hall–Kier alpha value is -0.450. The summed E-state index contributed by atoms with van der Waals surface area (Å²) in [5.74, 6) is -0.502. The Morgan fingerprint density at radius 1 is 1.50 bits per heavy atom. The first-order chi connectivity index (χ1) is 4.72. The molecular weight excluding hydrogens is 141 g/mol. The zero-order valence-electron chi connectivity index (χ0n) is 5.53. The molecular formula is C5H4N3NaO. The Bertz CT molecular complexity index is 263. The van der Waals surface area contributed by atoms with Crippen molar-refractivity contribution in [3.05, 3.63) is 18.1 Å². The van der Waals surface area contributed by atoms with Crippen molar-refractivity contribution in [2.24, 2.45) is 5.73 Å². The zero-order valence-corrected chi connectivity index (χ0v) is 7.53. The molecule has 1 amide bonds. The Morgan fingerprint density at radius 2 is 2.10 bits per heavy atom. The van der Waals surface area contributed by atoms with Crippen LogP contribution in [0.25, 0.3) is 0 Å². The average Bonchev–Trinajstić information content (AvgIpc) is 1.88. The van der Waals surface area contributed by atoms with Crippen LogP contribution in [-0.2, 0) is 0 Å². The topological polar surface area (TPSA) is 68.9 Å². The standard InChI is InChI=1S/C5H4N3O.Na/c6-5(9)4-3-7-1-2-8-4;/h1-2H,(H2,6,9);. The molecule has 0 saturated carbocycles. The van der Waals surface area contributed by atoms with E-state index in [2.05, 4.69) is 9.97 Å². The number of nitrogens with two attached hydrogens (primary N) is 1. The third-order valence-electron chi connectivity index (χ3n) is 1.11. The van der Waals surface area contributed by atoms with E-state index in [0.717, 1.165) is 0 Å². The van der Waals surface area contributed by atoms with Crippen molar-refractivity contribution in [3.8, 4) is 0 Å². The van der Waals surface area contributed by atoms with E-state index in [1.165, 1.54) is 6.20 Å². The predicted molar refractivity (Wildman–Crippen MR) is 35.9 cm³/mol. The van der Waals surface area contributed by atoms with Crippen LogP contribution in [0.15, 0.2) is 12.4 Å². The van der Waals surface area contributed by atoms with E-state index >= 15 is 0 Å². The van der Waals surface area contributed by atoms with Crippen molar-refractivity contribution in [1.29, 1.82) is 0 Å². The number of amides is 1. The van der Waals surface area contributed by atoms with Crippen molar-refractivity contribution in [2.45, 2.75) is 0 Å². The van der Waals surface area contributed by atoms with Crippen molar-refractivity contribution in [3.63, 3.8) is 0 Å². The number of carbonyl (C=O) groups excluding carboxylic acids is 1. The maximum atomic E-state index is 10.6. The fourth-order valence-corrected chi connectivity index (χ4v) is 1.17. The number of hydrogen-bond donors (Lipinski definition) is 1. The van der Waals surface area contributed by atoms with Gasteiger partial charge in [0.25, 0.3) is 0 Å². The average molecular weight is 145 g/mol. The Kier molecular flexibility index (Phi) is 2.37. The quantitative estimate of drug-likeness (QED) is 0.482. The van der Waals surface area contributed by atoms with Crippen LogP contribution in [0.2, 0.25) is 0 Å². The molecule has 0 aliphatic rings. The van der Waals surface area contributed by atoms with E-state index in [4.69, 9.17) is 5.73 Å². The molecule has 0 unspecified atom stereocenters. The summed E-state index contributed by atoms with van der Waals surface area (Å²) in [4.78, 5) is 18.2. The second kappa shape index (κ2) is 3.09. The van der Waals surface area contributed by atoms with Gasteiger partial charge in [0.05, 0.1) is 0 Å². The summed E-state index contributed by atoms with van der Waals surface area (Å²) in [7, 11) is 0. The molecule has 46 valence electrons. The molecule has 2 N–H and O–H groups in total. The van der Waals surface area contributed by atoms with Crippen LogP contribution in [-0.4, -0.2) is 43.8 Å².